The Morgan fingerprint density at radius 2 is 1.94 bits per heavy atom. The highest BCUT2D eigenvalue weighted by Crippen LogP contribution is 2.37. The molecule has 0 aromatic heterocycles. The van der Waals surface area contributed by atoms with Gasteiger partial charge in [0.1, 0.15) is 29.4 Å². The summed E-state index contributed by atoms with van der Waals surface area (Å²) in [7, 11) is 2.75. The van der Waals surface area contributed by atoms with Gasteiger partial charge in [0.25, 0.3) is 0 Å². The lowest BCUT2D eigenvalue weighted by Gasteiger charge is -2.13. The topological polar surface area (TPSA) is 76.0 Å². The molecule has 1 rings (SSSR count). The molecule has 0 fully saturated rings. The molecule has 1 aromatic carbocycles. The number of Topliss-reactive ketones (excluding diaryl/α,β-unsaturated/α-hetero) is 1. The van der Waals surface area contributed by atoms with Crippen LogP contribution in [0.25, 0.3) is 0 Å². The summed E-state index contributed by atoms with van der Waals surface area (Å²) in [6.45, 7) is 1.44. The zero-order valence-electron chi connectivity index (χ0n) is 9.40. The number of phenols is 2. The van der Waals surface area contributed by atoms with Crippen molar-refractivity contribution in [1.29, 1.82) is 0 Å². The maximum Gasteiger partial charge on any atom is 0.195 e. The zero-order chi connectivity index (χ0) is 12.3. The molecule has 2 N–H and O–H groups in total. The highest BCUT2D eigenvalue weighted by molar-refractivity contribution is 6.02. The van der Waals surface area contributed by atoms with Crippen molar-refractivity contribution in [3.05, 3.63) is 17.2 Å². The molecule has 88 valence electrons. The van der Waals surface area contributed by atoms with E-state index in [1.54, 1.807) is 6.92 Å². The third kappa shape index (κ3) is 2.09. The van der Waals surface area contributed by atoms with Crippen LogP contribution in [0.2, 0.25) is 0 Å². The van der Waals surface area contributed by atoms with E-state index in [0.717, 1.165) is 6.07 Å². The summed E-state index contributed by atoms with van der Waals surface area (Å²) in [6, 6.07) is 1.11. The Balaban J connectivity index is 3.36. The van der Waals surface area contributed by atoms with Gasteiger partial charge in [-0.1, -0.05) is 0 Å². The van der Waals surface area contributed by atoms with Crippen LogP contribution in [-0.4, -0.2) is 36.8 Å². The minimum absolute atomic E-state index is 0.0275. The Morgan fingerprint density at radius 1 is 1.31 bits per heavy atom. The molecule has 0 aliphatic rings. The fraction of sp³-hybridized carbons (Fsp3) is 0.364. The Kier molecular flexibility index (Phi) is 3.73. The number of benzene rings is 1. The molecule has 0 saturated carbocycles. The maximum atomic E-state index is 11.7. The molecule has 1 aromatic rings. The first-order valence-electron chi connectivity index (χ1n) is 4.64. The molecular weight excluding hydrogens is 212 g/mol. The largest absolute Gasteiger partial charge is 0.507 e. The van der Waals surface area contributed by atoms with Crippen molar-refractivity contribution in [2.24, 2.45) is 0 Å². The number of carbonyl (C=O) groups excluding carboxylic acids is 1. The van der Waals surface area contributed by atoms with Gasteiger partial charge < -0.3 is 19.7 Å². The molecule has 0 spiro atoms. The van der Waals surface area contributed by atoms with Crippen LogP contribution in [0.1, 0.15) is 15.9 Å². The summed E-state index contributed by atoms with van der Waals surface area (Å²) in [5.41, 5.74) is 0.430. The first kappa shape index (κ1) is 12.3. The van der Waals surface area contributed by atoms with E-state index in [1.165, 1.54) is 14.2 Å². The number of hydrogen-bond acceptors (Lipinski definition) is 5. The molecule has 0 unspecified atom stereocenters. The van der Waals surface area contributed by atoms with Crippen molar-refractivity contribution in [2.45, 2.75) is 6.92 Å². The van der Waals surface area contributed by atoms with Gasteiger partial charge in [0, 0.05) is 18.7 Å². The van der Waals surface area contributed by atoms with Gasteiger partial charge in [-0.05, 0) is 6.92 Å². The molecule has 0 aliphatic heterocycles. The van der Waals surface area contributed by atoms with Crippen molar-refractivity contribution in [3.63, 3.8) is 0 Å². The van der Waals surface area contributed by atoms with Crippen LogP contribution in [-0.2, 0) is 4.74 Å². The Hall–Kier alpha value is -1.75. The summed E-state index contributed by atoms with van der Waals surface area (Å²) in [4.78, 5) is 11.7. The predicted molar refractivity (Wildman–Crippen MR) is 57.3 cm³/mol. The molecule has 0 heterocycles. The molecular formula is C11H14O5. The fourth-order valence-electron chi connectivity index (χ4n) is 1.46. The van der Waals surface area contributed by atoms with Gasteiger partial charge >= 0.3 is 0 Å². The summed E-state index contributed by atoms with van der Waals surface area (Å²) in [5.74, 6) is -0.676. The van der Waals surface area contributed by atoms with Crippen LogP contribution >= 0.6 is 0 Å². The van der Waals surface area contributed by atoms with Crippen LogP contribution in [0.5, 0.6) is 17.2 Å². The van der Waals surface area contributed by atoms with E-state index < -0.39 is 5.78 Å². The lowest BCUT2D eigenvalue weighted by Crippen LogP contribution is -2.10. The van der Waals surface area contributed by atoms with Gasteiger partial charge in [-0.3, -0.25) is 4.79 Å². The van der Waals surface area contributed by atoms with Gasteiger partial charge in [0.15, 0.2) is 5.78 Å². The van der Waals surface area contributed by atoms with Crippen LogP contribution in [0.15, 0.2) is 6.07 Å². The zero-order valence-corrected chi connectivity index (χ0v) is 9.40. The number of methoxy groups -OCH3 is 2. The summed E-state index contributed by atoms with van der Waals surface area (Å²) < 4.78 is 9.71. The number of phenolic OH excluding ortho intramolecular Hbond substituents is 2. The van der Waals surface area contributed by atoms with Crippen LogP contribution < -0.4 is 4.74 Å². The number of carbonyl (C=O) groups is 1. The van der Waals surface area contributed by atoms with Gasteiger partial charge in [0.2, 0.25) is 0 Å². The van der Waals surface area contributed by atoms with E-state index in [-0.39, 0.29) is 29.4 Å². The van der Waals surface area contributed by atoms with Gasteiger partial charge in [0.05, 0.1) is 7.11 Å². The number of rotatable bonds is 4. The lowest BCUT2D eigenvalue weighted by atomic mass is 10.0. The molecule has 0 saturated heterocycles. The quantitative estimate of drug-likeness (QED) is 0.755. The van der Waals surface area contributed by atoms with E-state index in [2.05, 4.69) is 0 Å². The van der Waals surface area contributed by atoms with Crippen molar-refractivity contribution in [3.8, 4) is 17.2 Å². The van der Waals surface area contributed by atoms with Crippen LogP contribution in [0.4, 0.5) is 0 Å². The molecule has 16 heavy (non-hydrogen) atoms. The monoisotopic (exact) mass is 226 g/mol. The second-order valence-electron chi connectivity index (χ2n) is 3.30. The van der Waals surface area contributed by atoms with Crippen molar-refractivity contribution in [2.75, 3.05) is 20.8 Å². The number of ether oxygens (including phenoxy) is 2. The second-order valence-corrected chi connectivity index (χ2v) is 3.30. The molecule has 0 radical (unpaired) electrons. The van der Waals surface area contributed by atoms with Gasteiger partial charge in [-0.15, -0.1) is 0 Å². The van der Waals surface area contributed by atoms with Crippen molar-refractivity contribution >= 4 is 5.78 Å². The Morgan fingerprint density at radius 3 is 2.44 bits per heavy atom. The SMILES string of the molecule is COCC(=O)c1c(O)cc(O)c(C)c1OC. The van der Waals surface area contributed by atoms with E-state index in [0.29, 0.717) is 5.56 Å². The standard InChI is InChI=1S/C11H14O5/c1-6-7(12)4-8(13)10(11(6)16-3)9(14)5-15-2/h4,12-13H,5H2,1-3H3. The summed E-state index contributed by atoms with van der Waals surface area (Å²) in [5, 5.41) is 19.1. The molecule has 0 bridgehead atoms. The predicted octanol–water partition coefficient (Wildman–Crippen LogP) is 1.24. The highest BCUT2D eigenvalue weighted by atomic mass is 16.5. The third-order valence-electron chi connectivity index (χ3n) is 2.24. The average molecular weight is 226 g/mol. The lowest BCUT2D eigenvalue weighted by molar-refractivity contribution is 0.0842. The number of hydrogen-bond donors (Lipinski definition) is 2. The Bertz CT molecular complexity index is 411. The second kappa shape index (κ2) is 4.85. The minimum Gasteiger partial charge on any atom is -0.507 e. The highest BCUT2D eigenvalue weighted by Gasteiger charge is 2.21. The van der Waals surface area contributed by atoms with Crippen molar-refractivity contribution < 1.29 is 24.5 Å². The van der Waals surface area contributed by atoms with Crippen LogP contribution in [0.3, 0.4) is 0 Å². The Labute approximate surface area is 93.2 Å². The van der Waals surface area contributed by atoms with Gasteiger partial charge in [-0.25, -0.2) is 0 Å². The molecule has 0 amide bonds. The van der Waals surface area contributed by atoms with E-state index in [4.69, 9.17) is 9.47 Å². The van der Waals surface area contributed by atoms with Gasteiger partial charge in [-0.2, -0.15) is 0 Å². The van der Waals surface area contributed by atoms with Crippen molar-refractivity contribution in [1.82, 2.24) is 0 Å². The van der Waals surface area contributed by atoms with E-state index in [1.807, 2.05) is 0 Å². The average Bonchev–Trinajstić information content (AvgIpc) is 2.23. The van der Waals surface area contributed by atoms with E-state index in [9.17, 15) is 15.0 Å². The molecule has 0 atom stereocenters. The number of aromatic hydroxyl groups is 2. The summed E-state index contributed by atoms with van der Waals surface area (Å²) in [6.07, 6.45) is 0. The third-order valence-corrected chi connectivity index (χ3v) is 2.24. The fourth-order valence-corrected chi connectivity index (χ4v) is 1.46. The van der Waals surface area contributed by atoms with E-state index >= 15 is 0 Å². The maximum absolute atomic E-state index is 11.7. The minimum atomic E-state index is -0.403. The number of ketones is 1. The normalized spacial score (nSPS) is 10.2. The molecule has 5 nitrogen and oxygen atoms in total. The molecule has 5 heteroatoms. The first-order valence-corrected chi connectivity index (χ1v) is 4.64. The first-order chi connectivity index (χ1) is 7.52. The van der Waals surface area contributed by atoms with Crippen LogP contribution in [0, 0.1) is 6.92 Å². The smallest absolute Gasteiger partial charge is 0.195 e. The molecule has 0 aliphatic carbocycles. The summed E-state index contributed by atoms with van der Waals surface area (Å²) >= 11 is 0.